The van der Waals surface area contributed by atoms with Crippen molar-refractivity contribution >= 4 is 56.1 Å². The molecule has 0 aromatic heterocycles. The fraction of sp³-hybridized carbons (Fsp3) is 0. The van der Waals surface area contributed by atoms with Gasteiger partial charge in [0, 0.05) is 11.6 Å². The average Bonchev–Trinajstić information content (AvgIpc) is 2.38. The van der Waals surface area contributed by atoms with Gasteiger partial charge in [0.25, 0.3) is 0 Å². The highest BCUT2D eigenvalue weighted by molar-refractivity contribution is 9.10. The lowest BCUT2D eigenvalue weighted by Gasteiger charge is -2.13. The number of hydrogen-bond donors (Lipinski definition) is 2. The van der Waals surface area contributed by atoms with Crippen molar-refractivity contribution in [2.75, 3.05) is 5.32 Å². The number of anilines is 2. The molecule has 0 aliphatic carbocycles. The maximum Gasteiger partial charge on any atom is 0.161 e. The molecule has 0 aliphatic rings. The Labute approximate surface area is 137 Å². The summed E-state index contributed by atoms with van der Waals surface area (Å²) in [7, 11) is 0. The van der Waals surface area contributed by atoms with Crippen LogP contribution >= 0.6 is 39.7 Å². The van der Waals surface area contributed by atoms with E-state index in [-0.39, 0.29) is 25.9 Å². The Bertz CT molecular complexity index is 717. The normalized spacial score (nSPS) is 10.5. The fourth-order valence-corrected chi connectivity index (χ4v) is 2.73. The number of thiocarbonyl (C=S) groups is 1. The molecule has 3 N–H and O–H groups in total. The molecule has 0 amide bonds. The van der Waals surface area contributed by atoms with Gasteiger partial charge in [-0.1, -0.05) is 23.8 Å². The van der Waals surface area contributed by atoms with E-state index >= 15 is 0 Å². The summed E-state index contributed by atoms with van der Waals surface area (Å²) < 4.78 is 40.9. The molecule has 0 atom stereocenters. The van der Waals surface area contributed by atoms with Crippen molar-refractivity contribution in [2.45, 2.75) is 0 Å². The summed E-state index contributed by atoms with van der Waals surface area (Å²) in [6.07, 6.45) is 0. The Kier molecular flexibility index (Phi) is 4.75. The Morgan fingerprint density at radius 2 is 1.90 bits per heavy atom. The Morgan fingerprint density at radius 1 is 1.24 bits per heavy atom. The van der Waals surface area contributed by atoms with Gasteiger partial charge < -0.3 is 11.1 Å². The van der Waals surface area contributed by atoms with Crippen LogP contribution in [0.5, 0.6) is 0 Å². The van der Waals surface area contributed by atoms with Gasteiger partial charge in [-0.15, -0.1) is 0 Å². The second-order valence-corrected chi connectivity index (χ2v) is 5.66. The molecular formula is C13H7BrClF3N2S. The number of nitrogens with two attached hydrogens (primary N) is 1. The van der Waals surface area contributed by atoms with Crippen LogP contribution in [0.15, 0.2) is 28.7 Å². The van der Waals surface area contributed by atoms with E-state index < -0.39 is 17.5 Å². The molecule has 21 heavy (non-hydrogen) atoms. The standard InChI is InChI=1S/C13H7BrClF3N2S/c14-10-6(13(19)21)1-2-9(11(10)18)20-12-7(15)3-5(16)4-8(12)17/h1-4,20H,(H2,19,21). The highest BCUT2D eigenvalue weighted by atomic mass is 79.9. The van der Waals surface area contributed by atoms with Crippen LogP contribution < -0.4 is 11.1 Å². The SMILES string of the molecule is NC(=S)c1ccc(Nc2c(F)cc(F)cc2Cl)c(F)c1Br. The zero-order chi connectivity index (χ0) is 15.7. The Morgan fingerprint density at radius 3 is 2.48 bits per heavy atom. The molecule has 0 unspecified atom stereocenters. The van der Waals surface area contributed by atoms with Crippen LogP contribution in [-0.4, -0.2) is 4.99 Å². The molecule has 0 radical (unpaired) electrons. The summed E-state index contributed by atoms with van der Waals surface area (Å²) in [5.41, 5.74) is 5.46. The van der Waals surface area contributed by atoms with Crippen molar-refractivity contribution in [1.82, 2.24) is 0 Å². The Balaban J connectivity index is 2.46. The van der Waals surface area contributed by atoms with E-state index in [1.54, 1.807) is 0 Å². The zero-order valence-corrected chi connectivity index (χ0v) is 13.3. The number of hydrogen-bond acceptors (Lipinski definition) is 2. The summed E-state index contributed by atoms with van der Waals surface area (Å²) in [4.78, 5) is 0.0123. The lowest BCUT2D eigenvalue weighted by atomic mass is 10.2. The summed E-state index contributed by atoms with van der Waals surface area (Å²) in [5.74, 6) is -2.48. The minimum absolute atomic E-state index is 0.0123. The van der Waals surface area contributed by atoms with Gasteiger partial charge in [0.15, 0.2) is 11.6 Å². The van der Waals surface area contributed by atoms with Crippen LogP contribution in [0.1, 0.15) is 5.56 Å². The highest BCUT2D eigenvalue weighted by Crippen LogP contribution is 2.33. The predicted octanol–water partition coefficient (Wildman–Crippen LogP) is 4.90. The van der Waals surface area contributed by atoms with E-state index in [4.69, 9.17) is 29.6 Å². The van der Waals surface area contributed by atoms with E-state index in [1.165, 1.54) is 12.1 Å². The topological polar surface area (TPSA) is 38.0 Å². The monoisotopic (exact) mass is 394 g/mol. The molecule has 0 saturated carbocycles. The molecule has 2 aromatic rings. The molecule has 0 bridgehead atoms. The first-order valence-corrected chi connectivity index (χ1v) is 7.08. The van der Waals surface area contributed by atoms with Crippen molar-refractivity contribution in [3.05, 3.63) is 56.8 Å². The van der Waals surface area contributed by atoms with Crippen LogP contribution in [0, 0.1) is 17.5 Å². The summed E-state index contributed by atoms with van der Waals surface area (Å²) in [6, 6.07) is 4.36. The molecule has 0 aliphatic heterocycles. The van der Waals surface area contributed by atoms with Gasteiger partial charge in [0.2, 0.25) is 0 Å². The molecule has 110 valence electrons. The van der Waals surface area contributed by atoms with E-state index in [1.807, 2.05) is 0 Å². The van der Waals surface area contributed by atoms with Crippen LogP contribution in [0.25, 0.3) is 0 Å². The largest absolute Gasteiger partial charge is 0.389 e. The van der Waals surface area contributed by atoms with Gasteiger partial charge in [-0.25, -0.2) is 13.2 Å². The maximum atomic E-state index is 14.2. The highest BCUT2D eigenvalue weighted by Gasteiger charge is 2.16. The van der Waals surface area contributed by atoms with Crippen molar-refractivity contribution in [3.63, 3.8) is 0 Å². The van der Waals surface area contributed by atoms with E-state index in [0.29, 0.717) is 11.6 Å². The number of benzene rings is 2. The number of halogens is 5. The second-order valence-electron chi connectivity index (χ2n) is 4.02. The molecular weight excluding hydrogens is 389 g/mol. The van der Waals surface area contributed by atoms with E-state index in [9.17, 15) is 13.2 Å². The fourth-order valence-electron chi connectivity index (χ4n) is 1.63. The van der Waals surface area contributed by atoms with Gasteiger partial charge in [0.1, 0.15) is 10.8 Å². The minimum atomic E-state index is -0.936. The van der Waals surface area contributed by atoms with Crippen molar-refractivity contribution in [3.8, 4) is 0 Å². The molecule has 2 aromatic carbocycles. The van der Waals surface area contributed by atoms with Crippen molar-refractivity contribution in [1.29, 1.82) is 0 Å². The molecule has 8 heteroatoms. The van der Waals surface area contributed by atoms with Gasteiger partial charge in [0.05, 0.1) is 20.9 Å². The van der Waals surface area contributed by atoms with Gasteiger partial charge in [-0.05, 0) is 34.1 Å². The second kappa shape index (κ2) is 6.21. The van der Waals surface area contributed by atoms with Crippen LogP contribution in [-0.2, 0) is 0 Å². The summed E-state index contributed by atoms with van der Waals surface area (Å²) in [5, 5.41) is 2.27. The number of rotatable bonds is 3. The zero-order valence-electron chi connectivity index (χ0n) is 10.2. The first-order chi connectivity index (χ1) is 9.81. The average molecular weight is 396 g/mol. The first-order valence-electron chi connectivity index (χ1n) is 5.50. The summed E-state index contributed by atoms with van der Waals surface area (Å²) >= 11 is 13.5. The lowest BCUT2D eigenvalue weighted by Crippen LogP contribution is -2.11. The Hall–Kier alpha value is -1.31. The van der Waals surface area contributed by atoms with Gasteiger partial charge in [-0.2, -0.15) is 0 Å². The molecule has 0 fully saturated rings. The summed E-state index contributed by atoms with van der Waals surface area (Å²) in [6.45, 7) is 0. The minimum Gasteiger partial charge on any atom is -0.389 e. The van der Waals surface area contributed by atoms with Crippen molar-refractivity contribution in [2.24, 2.45) is 5.73 Å². The van der Waals surface area contributed by atoms with Gasteiger partial charge in [-0.3, -0.25) is 0 Å². The third-order valence-electron chi connectivity index (χ3n) is 2.61. The van der Waals surface area contributed by atoms with Crippen LogP contribution in [0.4, 0.5) is 24.5 Å². The molecule has 0 spiro atoms. The lowest BCUT2D eigenvalue weighted by molar-refractivity contribution is 0.585. The van der Waals surface area contributed by atoms with E-state index in [2.05, 4.69) is 21.2 Å². The quantitative estimate of drug-likeness (QED) is 0.726. The smallest absolute Gasteiger partial charge is 0.161 e. The van der Waals surface area contributed by atoms with E-state index in [0.717, 1.165) is 6.07 Å². The first kappa shape index (κ1) is 16.1. The molecule has 0 saturated heterocycles. The molecule has 0 heterocycles. The van der Waals surface area contributed by atoms with Crippen LogP contribution in [0.3, 0.4) is 0 Å². The number of nitrogens with one attached hydrogen (secondary N) is 1. The maximum absolute atomic E-state index is 14.2. The molecule has 2 rings (SSSR count). The van der Waals surface area contributed by atoms with Crippen LogP contribution in [0.2, 0.25) is 5.02 Å². The third kappa shape index (κ3) is 3.30. The predicted molar refractivity (Wildman–Crippen MR) is 84.6 cm³/mol. The third-order valence-corrected chi connectivity index (χ3v) is 3.91. The van der Waals surface area contributed by atoms with Gasteiger partial charge >= 0.3 is 0 Å². The molecule has 2 nitrogen and oxygen atoms in total. The van der Waals surface area contributed by atoms with Crippen molar-refractivity contribution < 1.29 is 13.2 Å².